The van der Waals surface area contributed by atoms with Gasteiger partial charge in [0.15, 0.2) is 5.78 Å². The zero-order chi connectivity index (χ0) is 14.0. The minimum atomic E-state index is -4.55. The predicted octanol–water partition coefficient (Wildman–Crippen LogP) is 3.30. The van der Waals surface area contributed by atoms with Crippen molar-refractivity contribution in [3.63, 3.8) is 0 Å². The SMILES string of the molecule is NC(CC(=O)c1ccc2ccccc2c1)C(F)(F)F. The van der Waals surface area contributed by atoms with Crippen LogP contribution in [0.15, 0.2) is 42.5 Å². The molecule has 0 saturated carbocycles. The first kappa shape index (κ1) is 13.5. The number of hydrogen-bond acceptors (Lipinski definition) is 2. The molecule has 0 bridgehead atoms. The zero-order valence-electron chi connectivity index (χ0n) is 9.95. The second-order valence-electron chi connectivity index (χ2n) is 4.34. The first-order valence-electron chi connectivity index (χ1n) is 5.72. The summed E-state index contributed by atoms with van der Waals surface area (Å²) < 4.78 is 36.9. The van der Waals surface area contributed by atoms with E-state index in [-0.39, 0.29) is 5.56 Å². The molecule has 1 atom stereocenters. The Morgan fingerprint density at radius 2 is 1.74 bits per heavy atom. The van der Waals surface area contributed by atoms with Crippen LogP contribution in [-0.4, -0.2) is 18.0 Å². The van der Waals surface area contributed by atoms with Crippen molar-refractivity contribution in [2.75, 3.05) is 0 Å². The highest BCUT2D eigenvalue weighted by Gasteiger charge is 2.37. The highest BCUT2D eigenvalue weighted by atomic mass is 19.4. The van der Waals surface area contributed by atoms with Gasteiger partial charge in [-0.3, -0.25) is 4.79 Å². The fourth-order valence-electron chi connectivity index (χ4n) is 1.80. The second-order valence-corrected chi connectivity index (χ2v) is 4.34. The van der Waals surface area contributed by atoms with E-state index in [0.29, 0.717) is 0 Å². The maximum Gasteiger partial charge on any atom is 0.404 e. The summed E-state index contributed by atoms with van der Waals surface area (Å²) in [7, 11) is 0. The number of rotatable bonds is 3. The molecule has 100 valence electrons. The van der Waals surface area contributed by atoms with Gasteiger partial charge < -0.3 is 5.73 Å². The van der Waals surface area contributed by atoms with Gasteiger partial charge in [0.2, 0.25) is 0 Å². The van der Waals surface area contributed by atoms with Gasteiger partial charge in [0.1, 0.15) is 6.04 Å². The number of carbonyl (C=O) groups excluding carboxylic acids is 1. The molecule has 0 aromatic heterocycles. The van der Waals surface area contributed by atoms with E-state index in [1.54, 1.807) is 24.3 Å². The summed E-state index contributed by atoms with van der Waals surface area (Å²) in [5.74, 6) is -0.601. The fourth-order valence-corrected chi connectivity index (χ4v) is 1.80. The summed E-state index contributed by atoms with van der Waals surface area (Å²) in [4.78, 5) is 11.8. The third-order valence-electron chi connectivity index (χ3n) is 2.90. The smallest absolute Gasteiger partial charge is 0.320 e. The average Bonchev–Trinajstić information content (AvgIpc) is 2.37. The lowest BCUT2D eigenvalue weighted by Crippen LogP contribution is -2.39. The Hall–Kier alpha value is -1.88. The Morgan fingerprint density at radius 1 is 1.11 bits per heavy atom. The van der Waals surface area contributed by atoms with E-state index in [2.05, 4.69) is 0 Å². The molecule has 2 N–H and O–H groups in total. The molecular weight excluding hydrogens is 255 g/mol. The lowest BCUT2D eigenvalue weighted by Gasteiger charge is -2.14. The van der Waals surface area contributed by atoms with Crippen molar-refractivity contribution in [2.24, 2.45) is 5.73 Å². The molecule has 2 aromatic carbocycles. The van der Waals surface area contributed by atoms with E-state index in [0.717, 1.165) is 10.8 Å². The molecule has 0 aliphatic heterocycles. The summed E-state index contributed by atoms with van der Waals surface area (Å²) in [5.41, 5.74) is 5.20. The van der Waals surface area contributed by atoms with E-state index in [4.69, 9.17) is 5.73 Å². The molecule has 0 fully saturated rings. The van der Waals surface area contributed by atoms with E-state index >= 15 is 0 Å². The molecule has 2 rings (SSSR count). The van der Waals surface area contributed by atoms with E-state index in [1.165, 1.54) is 6.07 Å². The number of nitrogens with two attached hydrogens (primary N) is 1. The van der Waals surface area contributed by atoms with Crippen molar-refractivity contribution in [1.82, 2.24) is 0 Å². The van der Waals surface area contributed by atoms with Crippen LogP contribution in [0.3, 0.4) is 0 Å². The monoisotopic (exact) mass is 267 g/mol. The van der Waals surface area contributed by atoms with Gasteiger partial charge in [-0.15, -0.1) is 0 Å². The van der Waals surface area contributed by atoms with Crippen molar-refractivity contribution >= 4 is 16.6 Å². The highest BCUT2D eigenvalue weighted by Crippen LogP contribution is 2.23. The van der Waals surface area contributed by atoms with Crippen molar-refractivity contribution in [1.29, 1.82) is 0 Å². The number of benzene rings is 2. The molecule has 0 aliphatic rings. The molecule has 0 aliphatic carbocycles. The van der Waals surface area contributed by atoms with Crippen LogP contribution in [0.5, 0.6) is 0 Å². The van der Waals surface area contributed by atoms with Crippen LogP contribution in [0.25, 0.3) is 10.8 Å². The number of ketones is 1. The Morgan fingerprint density at radius 3 is 2.37 bits per heavy atom. The Balaban J connectivity index is 2.22. The summed E-state index contributed by atoms with van der Waals surface area (Å²) in [6, 6.07) is 10.0. The number of hydrogen-bond donors (Lipinski definition) is 1. The number of halogens is 3. The lowest BCUT2D eigenvalue weighted by molar-refractivity contribution is -0.146. The Kier molecular flexibility index (Phi) is 3.57. The normalized spacial score (nSPS) is 13.5. The van der Waals surface area contributed by atoms with E-state index in [1.807, 2.05) is 12.1 Å². The van der Waals surface area contributed by atoms with Gasteiger partial charge in [-0.25, -0.2) is 0 Å². The quantitative estimate of drug-likeness (QED) is 0.867. The molecule has 0 saturated heterocycles. The summed E-state index contributed by atoms with van der Waals surface area (Å²) in [6.07, 6.45) is -5.28. The first-order chi connectivity index (χ1) is 8.88. The predicted molar refractivity (Wildman–Crippen MR) is 66.9 cm³/mol. The van der Waals surface area contributed by atoms with Crippen molar-refractivity contribution < 1.29 is 18.0 Å². The van der Waals surface area contributed by atoms with Crippen molar-refractivity contribution in [2.45, 2.75) is 18.6 Å². The molecule has 0 radical (unpaired) electrons. The molecular formula is C14H12F3NO. The third-order valence-corrected chi connectivity index (χ3v) is 2.90. The van der Waals surface area contributed by atoms with Crippen LogP contribution < -0.4 is 5.73 Å². The standard InChI is InChI=1S/C14H12F3NO/c15-14(16,17)13(18)8-12(19)11-6-5-9-3-1-2-4-10(9)7-11/h1-7,13H,8,18H2. The topological polar surface area (TPSA) is 43.1 Å². The molecule has 1 unspecified atom stereocenters. The molecule has 19 heavy (non-hydrogen) atoms. The van der Waals surface area contributed by atoms with Crippen LogP contribution in [0, 0.1) is 0 Å². The minimum absolute atomic E-state index is 0.249. The fraction of sp³-hybridized carbons (Fsp3) is 0.214. The summed E-state index contributed by atoms with van der Waals surface area (Å²) >= 11 is 0. The van der Waals surface area contributed by atoms with Gasteiger partial charge in [0, 0.05) is 12.0 Å². The van der Waals surface area contributed by atoms with Gasteiger partial charge in [-0.2, -0.15) is 13.2 Å². The number of fused-ring (bicyclic) bond motifs is 1. The molecule has 2 nitrogen and oxygen atoms in total. The zero-order valence-corrected chi connectivity index (χ0v) is 9.95. The highest BCUT2D eigenvalue weighted by molar-refractivity contribution is 6.00. The van der Waals surface area contributed by atoms with Gasteiger partial charge in [0.25, 0.3) is 0 Å². The van der Waals surface area contributed by atoms with Gasteiger partial charge in [-0.1, -0.05) is 36.4 Å². The van der Waals surface area contributed by atoms with E-state index < -0.39 is 24.4 Å². The van der Waals surface area contributed by atoms with Crippen molar-refractivity contribution in [3.8, 4) is 0 Å². The van der Waals surface area contributed by atoms with Crippen LogP contribution in [-0.2, 0) is 0 Å². The van der Waals surface area contributed by atoms with Gasteiger partial charge in [0.05, 0.1) is 0 Å². The molecule has 5 heteroatoms. The molecule has 0 amide bonds. The molecule has 2 aromatic rings. The van der Waals surface area contributed by atoms with Crippen LogP contribution in [0.4, 0.5) is 13.2 Å². The molecule has 0 spiro atoms. The van der Waals surface area contributed by atoms with Gasteiger partial charge >= 0.3 is 6.18 Å². The van der Waals surface area contributed by atoms with Crippen LogP contribution >= 0.6 is 0 Å². The first-order valence-corrected chi connectivity index (χ1v) is 5.72. The average molecular weight is 267 g/mol. The van der Waals surface area contributed by atoms with Crippen LogP contribution in [0.2, 0.25) is 0 Å². The maximum absolute atomic E-state index is 12.3. The number of Topliss-reactive ketones (excluding diaryl/α,β-unsaturated/α-hetero) is 1. The van der Waals surface area contributed by atoms with E-state index in [9.17, 15) is 18.0 Å². The Labute approximate surface area is 108 Å². The third kappa shape index (κ3) is 3.12. The second kappa shape index (κ2) is 5.01. The Bertz CT molecular complexity index is 607. The summed E-state index contributed by atoms with van der Waals surface area (Å²) in [5, 5.41) is 1.74. The maximum atomic E-state index is 12.3. The van der Waals surface area contributed by atoms with Crippen molar-refractivity contribution in [3.05, 3.63) is 48.0 Å². The minimum Gasteiger partial charge on any atom is -0.320 e. The molecule has 0 heterocycles. The largest absolute Gasteiger partial charge is 0.404 e. The van der Waals surface area contributed by atoms with Gasteiger partial charge in [-0.05, 0) is 16.8 Å². The lowest BCUT2D eigenvalue weighted by atomic mass is 10.0. The number of alkyl halides is 3. The van der Waals surface area contributed by atoms with Crippen LogP contribution in [0.1, 0.15) is 16.8 Å². The summed E-state index contributed by atoms with van der Waals surface area (Å²) in [6.45, 7) is 0. The number of carbonyl (C=O) groups is 1.